The molecule has 0 amide bonds. The van der Waals surface area contributed by atoms with Gasteiger partial charge in [0.2, 0.25) is 5.78 Å². The fourth-order valence-electron chi connectivity index (χ4n) is 2.02. The first kappa shape index (κ1) is 15.8. The minimum Gasteiger partial charge on any atom is -0.319 e. The van der Waals surface area contributed by atoms with Crippen LogP contribution in [0.3, 0.4) is 0 Å². The highest BCUT2D eigenvalue weighted by Gasteiger charge is 2.15. The van der Waals surface area contributed by atoms with Gasteiger partial charge in [-0.25, -0.2) is 4.98 Å². The highest BCUT2D eigenvalue weighted by Crippen LogP contribution is 2.19. The summed E-state index contributed by atoms with van der Waals surface area (Å²) < 4.78 is 1.88. The van der Waals surface area contributed by atoms with Crippen molar-refractivity contribution >= 4 is 17.5 Å². The molecule has 0 bridgehead atoms. The average Bonchev–Trinajstić information content (AvgIpc) is 2.85. The molecule has 0 radical (unpaired) electrons. The Morgan fingerprint density at radius 3 is 2.67 bits per heavy atom. The van der Waals surface area contributed by atoms with Gasteiger partial charge in [0, 0.05) is 18.4 Å². The lowest BCUT2D eigenvalue weighted by molar-refractivity contribution is 0.103. The van der Waals surface area contributed by atoms with Gasteiger partial charge in [0.15, 0.2) is 5.16 Å². The quantitative estimate of drug-likeness (QED) is 0.448. The standard InChI is InChI=1S/C16H21N3OS/c1-18(2)10-7-11-21-16-17-12-14(19(16)3)15(20)13-8-5-4-6-9-13/h4-6,8-9,12H,7,10-11H2,1-3H3. The molecule has 0 aliphatic rings. The van der Waals surface area contributed by atoms with E-state index in [4.69, 9.17) is 0 Å². The van der Waals surface area contributed by atoms with Crippen molar-refractivity contribution in [3.05, 3.63) is 47.8 Å². The Morgan fingerprint density at radius 1 is 1.29 bits per heavy atom. The van der Waals surface area contributed by atoms with Gasteiger partial charge in [0.05, 0.1) is 6.20 Å². The molecular formula is C16H21N3OS. The van der Waals surface area contributed by atoms with Gasteiger partial charge in [-0.1, -0.05) is 42.1 Å². The molecule has 4 nitrogen and oxygen atoms in total. The molecule has 0 aliphatic heterocycles. The topological polar surface area (TPSA) is 38.1 Å². The molecule has 0 saturated carbocycles. The van der Waals surface area contributed by atoms with Crippen LogP contribution in [0.2, 0.25) is 0 Å². The number of carbonyl (C=O) groups is 1. The molecule has 0 unspecified atom stereocenters. The van der Waals surface area contributed by atoms with Crippen molar-refractivity contribution in [1.29, 1.82) is 0 Å². The van der Waals surface area contributed by atoms with E-state index in [0.717, 1.165) is 23.9 Å². The number of carbonyl (C=O) groups excluding carboxylic acids is 1. The zero-order valence-electron chi connectivity index (χ0n) is 12.7. The Bertz CT molecular complexity index is 593. The van der Waals surface area contributed by atoms with Crippen LogP contribution < -0.4 is 0 Å². The summed E-state index contributed by atoms with van der Waals surface area (Å²) in [6.07, 6.45) is 2.77. The highest BCUT2D eigenvalue weighted by molar-refractivity contribution is 7.99. The summed E-state index contributed by atoms with van der Waals surface area (Å²) >= 11 is 1.70. The van der Waals surface area contributed by atoms with Crippen molar-refractivity contribution in [1.82, 2.24) is 14.5 Å². The number of aromatic nitrogens is 2. The fraction of sp³-hybridized carbons (Fsp3) is 0.375. The first-order valence-electron chi connectivity index (χ1n) is 6.98. The van der Waals surface area contributed by atoms with Crippen LogP contribution in [0.1, 0.15) is 22.5 Å². The first-order valence-corrected chi connectivity index (χ1v) is 7.97. The molecule has 21 heavy (non-hydrogen) atoms. The number of hydrogen-bond acceptors (Lipinski definition) is 4. The van der Waals surface area contributed by atoms with Gasteiger partial charge in [0.1, 0.15) is 5.69 Å². The second kappa shape index (κ2) is 7.43. The number of benzene rings is 1. The Balaban J connectivity index is 2.02. The maximum Gasteiger partial charge on any atom is 0.211 e. The molecule has 112 valence electrons. The SMILES string of the molecule is CN(C)CCCSc1ncc(C(=O)c2ccccc2)n1C. The monoisotopic (exact) mass is 303 g/mol. The molecule has 0 saturated heterocycles. The van der Waals surface area contributed by atoms with E-state index in [0.29, 0.717) is 11.3 Å². The van der Waals surface area contributed by atoms with Crippen molar-refractivity contribution in [2.24, 2.45) is 7.05 Å². The Morgan fingerprint density at radius 2 is 2.00 bits per heavy atom. The summed E-state index contributed by atoms with van der Waals surface area (Å²) in [5.41, 5.74) is 1.33. The van der Waals surface area contributed by atoms with Crippen LogP contribution in [0, 0.1) is 0 Å². The van der Waals surface area contributed by atoms with Crippen LogP contribution in [0.25, 0.3) is 0 Å². The van der Waals surface area contributed by atoms with Crippen LogP contribution >= 0.6 is 11.8 Å². The number of hydrogen-bond donors (Lipinski definition) is 0. The minimum atomic E-state index is 0.0192. The van der Waals surface area contributed by atoms with Gasteiger partial charge >= 0.3 is 0 Å². The number of thioether (sulfide) groups is 1. The van der Waals surface area contributed by atoms with Crippen LogP contribution in [0.15, 0.2) is 41.7 Å². The van der Waals surface area contributed by atoms with Crippen LogP contribution in [-0.4, -0.2) is 46.6 Å². The molecule has 0 fully saturated rings. The lowest BCUT2D eigenvalue weighted by atomic mass is 10.1. The van der Waals surface area contributed by atoms with Gasteiger partial charge in [-0.05, 0) is 27.1 Å². The fourth-order valence-corrected chi connectivity index (χ4v) is 2.89. The molecule has 1 heterocycles. The predicted octanol–water partition coefficient (Wildman–Crippen LogP) is 2.69. The van der Waals surface area contributed by atoms with Crippen molar-refractivity contribution < 1.29 is 4.79 Å². The molecule has 0 aliphatic carbocycles. The highest BCUT2D eigenvalue weighted by atomic mass is 32.2. The Kier molecular flexibility index (Phi) is 5.59. The Labute approximate surface area is 130 Å². The second-order valence-electron chi connectivity index (χ2n) is 5.19. The molecule has 5 heteroatoms. The molecule has 1 aromatic heterocycles. The average molecular weight is 303 g/mol. The van der Waals surface area contributed by atoms with E-state index in [2.05, 4.69) is 24.0 Å². The minimum absolute atomic E-state index is 0.0192. The third-order valence-electron chi connectivity index (χ3n) is 3.20. The summed E-state index contributed by atoms with van der Waals surface area (Å²) in [7, 11) is 6.04. The van der Waals surface area contributed by atoms with E-state index in [1.807, 2.05) is 41.9 Å². The normalized spacial score (nSPS) is 11.0. The molecular weight excluding hydrogens is 282 g/mol. The van der Waals surface area contributed by atoms with Crippen molar-refractivity contribution in [3.63, 3.8) is 0 Å². The van der Waals surface area contributed by atoms with Crippen LogP contribution in [0.4, 0.5) is 0 Å². The van der Waals surface area contributed by atoms with Gasteiger partial charge in [0.25, 0.3) is 0 Å². The molecule has 0 N–H and O–H groups in total. The Hall–Kier alpha value is -1.59. The maximum absolute atomic E-state index is 12.4. The number of rotatable bonds is 7. The molecule has 2 rings (SSSR count). The lowest BCUT2D eigenvalue weighted by Crippen LogP contribution is -2.13. The maximum atomic E-state index is 12.4. The first-order chi connectivity index (χ1) is 10.1. The van der Waals surface area contributed by atoms with E-state index < -0.39 is 0 Å². The zero-order chi connectivity index (χ0) is 15.2. The van der Waals surface area contributed by atoms with Gasteiger partial charge in [-0.15, -0.1) is 0 Å². The number of ketones is 1. The summed E-state index contributed by atoms with van der Waals surface area (Å²) in [5.74, 6) is 1.02. The van der Waals surface area contributed by atoms with Crippen molar-refractivity contribution in [2.45, 2.75) is 11.6 Å². The van der Waals surface area contributed by atoms with Crippen molar-refractivity contribution in [2.75, 3.05) is 26.4 Å². The smallest absolute Gasteiger partial charge is 0.211 e. The summed E-state index contributed by atoms with van der Waals surface area (Å²) in [6.45, 7) is 1.06. The second-order valence-corrected chi connectivity index (χ2v) is 6.25. The van der Waals surface area contributed by atoms with Gasteiger partial charge in [-0.3, -0.25) is 4.79 Å². The largest absolute Gasteiger partial charge is 0.319 e. The van der Waals surface area contributed by atoms with E-state index in [1.54, 1.807) is 18.0 Å². The molecule has 1 aromatic carbocycles. The van der Waals surface area contributed by atoms with E-state index in [-0.39, 0.29) is 5.78 Å². The number of nitrogens with zero attached hydrogens (tertiary/aromatic N) is 3. The van der Waals surface area contributed by atoms with Crippen molar-refractivity contribution in [3.8, 4) is 0 Å². The zero-order valence-corrected chi connectivity index (χ0v) is 13.6. The molecule has 0 spiro atoms. The van der Waals surface area contributed by atoms with E-state index in [9.17, 15) is 4.79 Å². The third kappa shape index (κ3) is 4.19. The van der Waals surface area contributed by atoms with E-state index in [1.165, 1.54) is 0 Å². The van der Waals surface area contributed by atoms with E-state index >= 15 is 0 Å². The third-order valence-corrected chi connectivity index (χ3v) is 4.33. The molecule has 2 aromatic rings. The summed E-state index contributed by atoms with van der Waals surface area (Å²) in [6, 6.07) is 9.32. The predicted molar refractivity (Wildman–Crippen MR) is 87.0 cm³/mol. The van der Waals surface area contributed by atoms with Crippen LogP contribution in [0.5, 0.6) is 0 Å². The van der Waals surface area contributed by atoms with Crippen LogP contribution in [-0.2, 0) is 7.05 Å². The summed E-state index contributed by atoms with van der Waals surface area (Å²) in [4.78, 5) is 19.0. The lowest BCUT2D eigenvalue weighted by Gasteiger charge is -2.09. The number of imidazole rings is 1. The van der Waals surface area contributed by atoms with Gasteiger partial charge < -0.3 is 9.47 Å². The summed E-state index contributed by atoms with van der Waals surface area (Å²) in [5, 5.41) is 0.896. The van der Waals surface area contributed by atoms with Gasteiger partial charge in [-0.2, -0.15) is 0 Å². The molecule has 0 atom stereocenters.